The van der Waals surface area contributed by atoms with Crippen molar-refractivity contribution < 1.29 is 4.79 Å². The summed E-state index contributed by atoms with van der Waals surface area (Å²) in [4.78, 5) is 14.4. The molecule has 1 aromatic rings. The minimum absolute atomic E-state index is 0.0542. The van der Waals surface area contributed by atoms with Gasteiger partial charge in [0, 0.05) is 18.8 Å². The number of carbonyl (C=O) groups is 1. The Kier molecular flexibility index (Phi) is 5.71. The van der Waals surface area contributed by atoms with Crippen LogP contribution in [0.1, 0.15) is 31.2 Å². The molecule has 0 unspecified atom stereocenters. The molecule has 2 fully saturated rings. The van der Waals surface area contributed by atoms with E-state index in [9.17, 15) is 4.79 Å². The van der Waals surface area contributed by atoms with Gasteiger partial charge in [0.1, 0.15) is 0 Å². The molecule has 3 rings (SSSR count). The third-order valence-electron chi connectivity index (χ3n) is 5.06. The monoisotopic (exact) mass is 337 g/mol. The van der Waals surface area contributed by atoms with Gasteiger partial charge in [-0.25, -0.2) is 4.79 Å². The van der Waals surface area contributed by atoms with Crippen molar-refractivity contribution in [2.45, 2.75) is 25.7 Å². The van der Waals surface area contributed by atoms with Crippen LogP contribution in [0, 0.1) is 0 Å². The average molecular weight is 337 g/mol. The summed E-state index contributed by atoms with van der Waals surface area (Å²) in [7, 11) is 0. The predicted octanol–water partition coefficient (Wildman–Crippen LogP) is 4.06. The molecule has 0 spiro atoms. The van der Waals surface area contributed by atoms with Gasteiger partial charge >= 0.3 is 6.03 Å². The smallest absolute Gasteiger partial charge is 0.317 e. The van der Waals surface area contributed by atoms with Gasteiger partial charge in [-0.3, -0.25) is 0 Å². The van der Waals surface area contributed by atoms with Crippen molar-refractivity contribution in [3.8, 4) is 0 Å². The molecule has 2 saturated heterocycles. The fourth-order valence-electron chi connectivity index (χ4n) is 3.59. The number of piperidine rings is 1. The highest BCUT2D eigenvalue weighted by Gasteiger charge is 2.25. The van der Waals surface area contributed by atoms with Crippen molar-refractivity contribution in [1.29, 1.82) is 0 Å². The van der Waals surface area contributed by atoms with E-state index < -0.39 is 0 Å². The summed E-state index contributed by atoms with van der Waals surface area (Å²) in [5, 5.41) is 6.41. The number of likely N-dealkylation sites (tertiary alicyclic amines) is 1. The van der Waals surface area contributed by atoms with Crippen LogP contribution in [0.2, 0.25) is 0 Å². The van der Waals surface area contributed by atoms with E-state index in [2.05, 4.69) is 35.4 Å². The summed E-state index contributed by atoms with van der Waals surface area (Å²) in [5.74, 6) is 0.633. The normalized spacial score (nSPS) is 21.7. The van der Waals surface area contributed by atoms with Crippen molar-refractivity contribution >= 4 is 11.7 Å². The van der Waals surface area contributed by atoms with E-state index >= 15 is 0 Å². The molecule has 25 heavy (non-hydrogen) atoms. The second kappa shape index (κ2) is 8.17. The van der Waals surface area contributed by atoms with Gasteiger partial charge in [-0.1, -0.05) is 36.9 Å². The van der Waals surface area contributed by atoms with E-state index in [4.69, 9.17) is 0 Å². The van der Waals surface area contributed by atoms with Gasteiger partial charge in [0.15, 0.2) is 0 Å². The fourth-order valence-corrected chi connectivity index (χ4v) is 3.59. The Bertz CT molecular complexity index is 682. The molecule has 0 aromatic heterocycles. The number of rotatable bonds is 3. The highest BCUT2D eigenvalue weighted by Crippen LogP contribution is 2.27. The molecule has 0 aliphatic carbocycles. The van der Waals surface area contributed by atoms with Crippen LogP contribution < -0.4 is 10.6 Å². The number of anilines is 1. The third-order valence-corrected chi connectivity index (χ3v) is 5.06. The van der Waals surface area contributed by atoms with E-state index in [0.29, 0.717) is 19.0 Å². The minimum Gasteiger partial charge on any atom is -0.317 e. The zero-order chi connectivity index (χ0) is 17.6. The van der Waals surface area contributed by atoms with Crippen LogP contribution in [0.25, 0.3) is 0 Å². The van der Waals surface area contributed by atoms with Gasteiger partial charge in [-0.2, -0.15) is 0 Å². The molecule has 0 radical (unpaired) electrons. The number of nitrogens with one attached hydrogen (secondary N) is 2. The van der Waals surface area contributed by atoms with Crippen LogP contribution in [0.3, 0.4) is 0 Å². The number of urea groups is 1. The molecule has 0 saturated carbocycles. The van der Waals surface area contributed by atoms with Gasteiger partial charge in [-0.15, -0.1) is 0 Å². The molecule has 1 aromatic carbocycles. The molecule has 2 amide bonds. The first kappa shape index (κ1) is 17.5. The average Bonchev–Trinajstić information content (AvgIpc) is 3.07. The van der Waals surface area contributed by atoms with E-state index in [-0.39, 0.29) is 6.03 Å². The highest BCUT2D eigenvalue weighted by atomic mass is 16.2. The lowest BCUT2D eigenvalue weighted by Crippen LogP contribution is -2.32. The lowest BCUT2D eigenvalue weighted by Gasteiger charge is -2.23. The van der Waals surface area contributed by atoms with Gasteiger partial charge in [0.25, 0.3) is 0 Å². The van der Waals surface area contributed by atoms with Gasteiger partial charge in [0.05, 0.1) is 0 Å². The molecular weight excluding hydrogens is 310 g/mol. The molecule has 0 bridgehead atoms. The van der Waals surface area contributed by atoms with Crippen molar-refractivity contribution in [2.75, 3.05) is 31.5 Å². The van der Waals surface area contributed by atoms with Crippen LogP contribution in [0.4, 0.5) is 10.5 Å². The van der Waals surface area contributed by atoms with E-state index in [0.717, 1.165) is 24.4 Å². The van der Waals surface area contributed by atoms with Crippen molar-refractivity contribution in [1.82, 2.24) is 10.2 Å². The molecular formula is C21H27N3O. The first-order chi connectivity index (χ1) is 12.2. The van der Waals surface area contributed by atoms with Crippen molar-refractivity contribution in [3.05, 3.63) is 65.8 Å². The van der Waals surface area contributed by atoms with Gasteiger partial charge < -0.3 is 15.5 Å². The SMILES string of the molecule is C=C/C=C1/CN(C(=O)Nc2ccc(C3CCNCC3)cc2)C/C1=C/C. The summed E-state index contributed by atoms with van der Waals surface area (Å²) >= 11 is 0. The number of hydrogen-bond acceptors (Lipinski definition) is 2. The predicted molar refractivity (Wildman–Crippen MR) is 104 cm³/mol. The number of carbonyl (C=O) groups excluding carboxylic acids is 1. The molecule has 4 nitrogen and oxygen atoms in total. The zero-order valence-corrected chi connectivity index (χ0v) is 14.9. The van der Waals surface area contributed by atoms with Crippen molar-refractivity contribution in [3.63, 3.8) is 0 Å². The maximum absolute atomic E-state index is 12.5. The lowest BCUT2D eigenvalue weighted by molar-refractivity contribution is 0.224. The molecule has 0 atom stereocenters. The minimum atomic E-state index is -0.0542. The lowest BCUT2D eigenvalue weighted by atomic mass is 9.90. The quantitative estimate of drug-likeness (QED) is 0.873. The summed E-state index contributed by atoms with van der Waals surface area (Å²) in [6.07, 6.45) is 8.20. The number of nitrogens with zero attached hydrogens (tertiary/aromatic N) is 1. The molecule has 2 aliphatic heterocycles. The molecule has 2 N–H and O–H groups in total. The number of benzene rings is 1. The van der Waals surface area contributed by atoms with E-state index in [1.54, 1.807) is 6.08 Å². The molecule has 2 aliphatic rings. The highest BCUT2D eigenvalue weighted by molar-refractivity contribution is 5.90. The number of amides is 2. The maximum atomic E-state index is 12.5. The zero-order valence-electron chi connectivity index (χ0n) is 14.9. The first-order valence-corrected chi connectivity index (χ1v) is 9.05. The number of hydrogen-bond donors (Lipinski definition) is 2. The van der Waals surface area contributed by atoms with Crippen LogP contribution in [0.5, 0.6) is 0 Å². The Labute approximate surface area is 150 Å². The maximum Gasteiger partial charge on any atom is 0.322 e. The summed E-state index contributed by atoms with van der Waals surface area (Å²) < 4.78 is 0. The van der Waals surface area contributed by atoms with Gasteiger partial charge in [-0.05, 0) is 67.6 Å². The topological polar surface area (TPSA) is 44.4 Å². The second-order valence-corrected chi connectivity index (χ2v) is 6.67. The van der Waals surface area contributed by atoms with Crippen LogP contribution in [0.15, 0.2) is 60.2 Å². The Morgan fingerprint density at radius 3 is 2.52 bits per heavy atom. The van der Waals surface area contributed by atoms with Crippen LogP contribution in [-0.4, -0.2) is 37.1 Å². The Morgan fingerprint density at radius 2 is 1.88 bits per heavy atom. The van der Waals surface area contributed by atoms with Crippen LogP contribution >= 0.6 is 0 Å². The van der Waals surface area contributed by atoms with Crippen molar-refractivity contribution in [2.24, 2.45) is 0 Å². The third kappa shape index (κ3) is 4.20. The van der Waals surface area contributed by atoms with Crippen LogP contribution in [-0.2, 0) is 0 Å². The summed E-state index contributed by atoms with van der Waals surface area (Å²) in [6, 6.07) is 8.28. The summed E-state index contributed by atoms with van der Waals surface area (Å²) in [6.45, 7) is 9.21. The Balaban J connectivity index is 1.61. The second-order valence-electron chi connectivity index (χ2n) is 6.67. The fraction of sp³-hybridized carbons (Fsp3) is 0.381. The molecule has 132 valence electrons. The summed E-state index contributed by atoms with van der Waals surface area (Å²) in [5.41, 5.74) is 4.57. The first-order valence-electron chi connectivity index (χ1n) is 9.05. The number of allylic oxidation sites excluding steroid dienone is 3. The Hall–Kier alpha value is -2.33. The molecule has 2 heterocycles. The largest absolute Gasteiger partial charge is 0.322 e. The van der Waals surface area contributed by atoms with Gasteiger partial charge in [0.2, 0.25) is 0 Å². The van der Waals surface area contributed by atoms with E-state index in [1.807, 2.05) is 30.0 Å². The molecule has 4 heteroatoms. The standard InChI is InChI=1S/C21H27N3O/c1-3-5-19-15-24(14-16(19)4-2)21(25)23-20-8-6-17(7-9-20)18-10-12-22-13-11-18/h3-9,18,22H,1,10-15H2,2H3,(H,23,25)/b16-4-,19-5-. The van der Waals surface area contributed by atoms with E-state index in [1.165, 1.54) is 24.0 Å². The Morgan fingerprint density at radius 1 is 1.20 bits per heavy atom.